The molecule has 0 aliphatic carbocycles. The number of aryl methyl sites for hydroxylation is 1. The van der Waals surface area contributed by atoms with Crippen molar-refractivity contribution in [1.82, 2.24) is 24.6 Å². The number of nitrogens with one attached hydrogen (secondary N) is 2. The Morgan fingerprint density at radius 2 is 1.86 bits per heavy atom. The normalized spacial score (nSPS) is 17.6. The first kappa shape index (κ1) is 31.5. The second-order valence-corrected chi connectivity index (χ2v) is 13.0. The van der Waals surface area contributed by atoms with Gasteiger partial charge in [-0.3, -0.25) is 0 Å². The first-order valence-corrected chi connectivity index (χ1v) is 15.5. The van der Waals surface area contributed by atoms with Crippen molar-refractivity contribution in [2.75, 3.05) is 32.0 Å². The maximum Gasteiger partial charge on any atom is 0.258 e. The number of pyridine rings is 1. The summed E-state index contributed by atoms with van der Waals surface area (Å²) < 4.78 is 88.8. The van der Waals surface area contributed by atoms with Crippen molar-refractivity contribution < 1.29 is 30.7 Å². The molecular formula is C30H32F4N6O3S. The van der Waals surface area contributed by atoms with Crippen LogP contribution in [0, 0.1) is 12.7 Å². The molecule has 3 heterocycles. The standard InChI is InChI=1S/C30H32F4N6O3S/c1-18-6-7-21-22(8-9-25(32)24(21)16-44(41,42)40(3)17-30(2,33)34)27(18)43-28-23(5-4-11-36-28)26-10-12-37-29(39-26)38-20-13-19(31)14-35-15-20/h4-12,19-20,35H,13-17H2,1-3H3,(H,37,38,39)/t19-,20-/m1/s1. The molecule has 1 aliphatic heterocycles. The molecule has 0 unspecified atom stereocenters. The summed E-state index contributed by atoms with van der Waals surface area (Å²) in [6, 6.07) is 10.8. The molecule has 1 fully saturated rings. The molecule has 2 aromatic heterocycles. The number of ether oxygens (including phenoxy) is 1. The van der Waals surface area contributed by atoms with Crippen molar-refractivity contribution in [2.45, 2.75) is 44.2 Å². The number of sulfonamides is 1. The summed E-state index contributed by atoms with van der Waals surface area (Å²) in [5.74, 6) is -4.08. The molecule has 0 saturated carbocycles. The Labute approximate surface area is 252 Å². The van der Waals surface area contributed by atoms with Crippen LogP contribution in [-0.4, -0.2) is 72.5 Å². The first-order chi connectivity index (χ1) is 20.8. The fourth-order valence-electron chi connectivity index (χ4n) is 5.11. The molecule has 0 bridgehead atoms. The summed E-state index contributed by atoms with van der Waals surface area (Å²) in [6.07, 6.45) is 2.45. The SMILES string of the molecule is Cc1ccc2c(CS(=O)(=O)N(C)CC(C)(F)F)c(F)ccc2c1Oc1ncccc1-c1ccnc(N[C@H]2CNC[C@H](F)C2)n1. The van der Waals surface area contributed by atoms with Crippen molar-refractivity contribution >= 4 is 26.7 Å². The number of nitrogens with zero attached hydrogens (tertiary/aromatic N) is 4. The number of anilines is 1. The number of aromatic nitrogens is 3. The molecule has 2 N–H and O–H groups in total. The Bertz CT molecular complexity index is 1770. The maximum absolute atomic E-state index is 15.1. The van der Waals surface area contributed by atoms with Gasteiger partial charge in [0.05, 0.1) is 23.6 Å². The van der Waals surface area contributed by atoms with Crippen LogP contribution >= 0.6 is 0 Å². The topological polar surface area (TPSA) is 109 Å². The highest BCUT2D eigenvalue weighted by Crippen LogP contribution is 2.38. The molecule has 0 radical (unpaired) electrons. The Morgan fingerprint density at radius 1 is 1.09 bits per heavy atom. The highest BCUT2D eigenvalue weighted by atomic mass is 32.2. The van der Waals surface area contributed by atoms with E-state index in [4.69, 9.17) is 4.74 Å². The Balaban J connectivity index is 1.48. The number of halogens is 4. The summed E-state index contributed by atoms with van der Waals surface area (Å²) in [4.78, 5) is 13.3. The second kappa shape index (κ2) is 12.6. The van der Waals surface area contributed by atoms with Gasteiger partial charge in [0.25, 0.3) is 5.92 Å². The third kappa shape index (κ3) is 7.25. The number of fused-ring (bicyclic) bond motifs is 1. The molecule has 9 nitrogen and oxygen atoms in total. The van der Waals surface area contributed by atoms with Gasteiger partial charge in [0.2, 0.25) is 21.9 Å². The van der Waals surface area contributed by atoms with E-state index >= 15 is 4.39 Å². The second-order valence-electron chi connectivity index (χ2n) is 11.0. The van der Waals surface area contributed by atoms with E-state index in [0.29, 0.717) is 64.6 Å². The lowest BCUT2D eigenvalue weighted by atomic mass is 10.0. The molecular weight excluding hydrogens is 600 g/mol. The van der Waals surface area contributed by atoms with Crippen LogP contribution in [0.3, 0.4) is 0 Å². The minimum atomic E-state index is -4.29. The van der Waals surface area contributed by atoms with Crippen LogP contribution in [0.5, 0.6) is 11.6 Å². The van der Waals surface area contributed by atoms with E-state index in [9.17, 15) is 21.6 Å². The van der Waals surface area contributed by atoms with Gasteiger partial charge in [0.15, 0.2) is 0 Å². The van der Waals surface area contributed by atoms with Crippen LogP contribution in [0.2, 0.25) is 0 Å². The number of hydrogen-bond acceptors (Lipinski definition) is 8. The van der Waals surface area contributed by atoms with E-state index in [2.05, 4.69) is 25.6 Å². The zero-order valence-corrected chi connectivity index (χ0v) is 25.1. The number of hydrogen-bond donors (Lipinski definition) is 2. The molecule has 0 spiro atoms. The smallest absolute Gasteiger partial charge is 0.258 e. The number of alkyl halides is 3. The van der Waals surface area contributed by atoms with E-state index in [1.165, 1.54) is 12.3 Å². The average Bonchev–Trinajstić information content (AvgIpc) is 2.95. The lowest BCUT2D eigenvalue weighted by Gasteiger charge is -2.26. The fraction of sp³-hybridized carbons (Fsp3) is 0.367. The predicted octanol–water partition coefficient (Wildman–Crippen LogP) is 5.46. The number of rotatable bonds is 10. The monoisotopic (exact) mass is 632 g/mol. The van der Waals surface area contributed by atoms with E-state index in [0.717, 1.165) is 13.1 Å². The molecule has 4 aromatic rings. The Hall–Kier alpha value is -3.88. The summed E-state index contributed by atoms with van der Waals surface area (Å²) in [5.41, 5.74) is 1.50. The van der Waals surface area contributed by atoms with Gasteiger partial charge in [0.1, 0.15) is 17.7 Å². The predicted molar refractivity (Wildman–Crippen MR) is 160 cm³/mol. The van der Waals surface area contributed by atoms with Crippen LogP contribution in [0.15, 0.2) is 54.9 Å². The largest absolute Gasteiger partial charge is 0.437 e. The summed E-state index contributed by atoms with van der Waals surface area (Å²) in [5, 5.41) is 6.85. The van der Waals surface area contributed by atoms with Gasteiger partial charge in [-0.25, -0.2) is 40.9 Å². The molecule has 2 atom stereocenters. The number of benzene rings is 2. The molecule has 14 heteroatoms. The third-order valence-corrected chi connectivity index (χ3v) is 8.97. The summed E-state index contributed by atoms with van der Waals surface area (Å²) in [6.45, 7) is 2.23. The van der Waals surface area contributed by atoms with Crippen molar-refractivity contribution in [1.29, 1.82) is 0 Å². The van der Waals surface area contributed by atoms with Gasteiger partial charge in [-0.05, 0) is 48.2 Å². The zero-order valence-electron chi connectivity index (χ0n) is 24.3. The minimum Gasteiger partial charge on any atom is -0.437 e. The van der Waals surface area contributed by atoms with E-state index < -0.39 is 40.2 Å². The minimum absolute atomic E-state index is 0.167. The summed E-state index contributed by atoms with van der Waals surface area (Å²) >= 11 is 0. The van der Waals surface area contributed by atoms with Gasteiger partial charge >= 0.3 is 0 Å². The van der Waals surface area contributed by atoms with Crippen LogP contribution < -0.4 is 15.4 Å². The van der Waals surface area contributed by atoms with Crippen LogP contribution in [0.4, 0.5) is 23.5 Å². The van der Waals surface area contributed by atoms with Crippen LogP contribution in [0.1, 0.15) is 24.5 Å². The Morgan fingerprint density at radius 3 is 2.61 bits per heavy atom. The van der Waals surface area contributed by atoms with E-state index in [-0.39, 0.29) is 22.9 Å². The summed E-state index contributed by atoms with van der Waals surface area (Å²) in [7, 11) is -3.25. The van der Waals surface area contributed by atoms with Crippen molar-refractivity contribution in [2.24, 2.45) is 0 Å². The van der Waals surface area contributed by atoms with Crippen LogP contribution in [-0.2, 0) is 15.8 Å². The lowest BCUT2D eigenvalue weighted by molar-refractivity contribution is 0.00822. The van der Waals surface area contributed by atoms with Gasteiger partial charge in [-0.15, -0.1) is 0 Å². The molecule has 0 amide bonds. The van der Waals surface area contributed by atoms with Gasteiger partial charge in [-0.1, -0.05) is 12.1 Å². The van der Waals surface area contributed by atoms with Crippen molar-refractivity contribution in [3.05, 3.63) is 71.8 Å². The van der Waals surface area contributed by atoms with Crippen LogP contribution in [0.25, 0.3) is 22.0 Å². The maximum atomic E-state index is 15.1. The Kier molecular flexibility index (Phi) is 9.05. The molecule has 5 rings (SSSR count). The van der Waals surface area contributed by atoms with Gasteiger partial charge < -0.3 is 15.4 Å². The molecule has 44 heavy (non-hydrogen) atoms. The highest BCUT2D eigenvalue weighted by molar-refractivity contribution is 7.88. The van der Waals surface area contributed by atoms with E-state index in [1.807, 2.05) is 0 Å². The zero-order chi connectivity index (χ0) is 31.6. The molecule has 1 saturated heterocycles. The quantitative estimate of drug-likeness (QED) is 0.222. The molecule has 234 valence electrons. The van der Waals surface area contributed by atoms with Crippen molar-refractivity contribution in [3.63, 3.8) is 0 Å². The van der Waals surface area contributed by atoms with Gasteiger partial charge in [0, 0.05) is 62.9 Å². The molecule has 1 aliphatic rings. The third-order valence-electron chi connectivity index (χ3n) is 7.24. The average molecular weight is 633 g/mol. The lowest BCUT2D eigenvalue weighted by Crippen LogP contribution is -2.44. The molecule has 2 aromatic carbocycles. The van der Waals surface area contributed by atoms with Gasteiger partial charge in [-0.2, -0.15) is 4.31 Å². The van der Waals surface area contributed by atoms with E-state index in [1.54, 1.807) is 43.5 Å². The highest BCUT2D eigenvalue weighted by Gasteiger charge is 2.31. The van der Waals surface area contributed by atoms with Crippen molar-refractivity contribution in [3.8, 4) is 22.9 Å². The first-order valence-electron chi connectivity index (χ1n) is 13.9. The number of piperidine rings is 1. The fourth-order valence-corrected chi connectivity index (χ4v) is 6.41.